The standard InChI is InChI=1S/C29H27ClN2O5/c1-2-37-24-17-19(7-14-23(24)30)27(34)25-26(18-5-12-22(33)13-6-18)32(29(36)28(25)35)21-10-8-20(9-11-21)31-15-3-4-16-31/h5-14,17,26,33-34H,2-4,15-16H2,1H3/b27-25-. The molecule has 8 heteroatoms. The molecular weight excluding hydrogens is 492 g/mol. The Balaban J connectivity index is 1.62. The minimum atomic E-state index is -0.899. The van der Waals surface area contributed by atoms with Crippen LogP contribution in [-0.2, 0) is 9.59 Å². The van der Waals surface area contributed by atoms with E-state index in [4.69, 9.17) is 16.3 Å². The van der Waals surface area contributed by atoms with Gasteiger partial charge in [-0.1, -0.05) is 23.7 Å². The second kappa shape index (κ2) is 10.2. The van der Waals surface area contributed by atoms with Crippen molar-refractivity contribution in [2.24, 2.45) is 0 Å². The number of carbonyl (C=O) groups is 2. The number of aliphatic hydroxyl groups is 1. The first-order chi connectivity index (χ1) is 17.9. The predicted molar refractivity (Wildman–Crippen MR) is 143 cm³/mol. The normalized spacial score (nSPS) is 19.0. The Morgan fingerprint density at radius 1 is 0.973 bits per heavy atom. The van der Waals surface area contributed by atoms with Gasteiger partial charge < -0.3 is 19.8 Å². The van der Waals surface area contributed by atoms with Gasteiger partial charge in [0.1, 0.15) is 17.3 Å². The van der Waals surface area contributed by atoms with E-state index in [9.17, 15) is 19.8 Å². The van der Waals surface area contributed by atoms with Crippen molar-refractivity contribution in [3.8, 4) is 11.5 Å². The summed E-state index contributed by atoms with van der Waals surface area (Å²) in [5.41, 5.74) is 2.42. The highest BCUT2D eigenvalue weighted by Crippen LogP contribution is 2.43. The van der Waals surface area contributed by atoms with Crippen molar-refractivity contribution in [2.75, 3.05) is 29.5 Å². The highest BCUT2D eigenvalue weighted by molar-refractivity contribution is 6.51. The molecule has 1 unspecified atom stereocenters. The van der Waals surface area contributed by atoms with E-state index in [0.29, 0.717) is 34.2 Å². The summed E-state index contributed by atoms with van der Waals surface area (Å²) >= 11 is 6.21. The van der Waals surface area contributed by atoms with Crippen LogP contribution in [0, 0.1) is 0 Å². The molecule has 2 heterocycles. The summed E-state index contributed by atoms with van der Waals surface area (Å²) in [7, 11) is 0. The molecule has 1 atom stereocenters. The zero-order valence-electron chi connectivity index (χ0n) is 20.4. The number of aliphatic hydroxyl groups excluding tert-OH is 1. The molecule has 190 valence electrons. The van der Waals surface area contributed by atoms with Gasteiger partial charge in [-0.25, -0.2) is 0 Å². The fourth-order valence-corrected chi connectivity index (χ4v) is 5.11. The number of nitrogens with zero attached hydrogens (tertiary/aromatic N) is 2. The van der Waals surface area contributed by atoms with Gasteiger partial charge >= 0.3 is 0 Å². The zero-order valence-corrected chi connectivity index (χ0v) is 21.1. The van der Waals surface area contributed by atoms with Crippen LogP contribution in [0.2, 0.25) is 5.02 Å². The predicted octanol–water partition coefficient (Wildman–Crippen LogP) is 5.67. The van der Waals surface area contributed by atoms with Crippen molar-refractivity contribution in [3.05, 3.63) is 88.5 Å². The van der Waals surface area contributed by atoms with E-state index >= 15 is 0 Å². The summed E-state index contributed by atoms with van der Waals surface area (Å²) in [5.74, 6) is -1.46. The summed E-state index contributed by atoms with van der Waals surface area (Å²) in [5, 5.41) is 21.6. The maximum Gasteiger partial charge on any atom is 0.300 e. The maximum atomic E-state index is 13.4. The Labute approximate surface area is 220 Å². The van der Waals surface area contributed by atoms with Crippen molar-refractivity contribution >= 4 is 40.4 Å². The van der Waals surface area contributed by atoms with Gasteiger partial charge in [-0.3, -0.25) is 14.5 Å². The smallest absolute Gasteiger partial charge is 0.300 e. The van der Waals surface area contributed by atoms with Crippen molar-refractivity contribution < 1.29 is 24.5 Å². The fourth-order valence-electron chi connectivity index (χ4n) is 4.94. The van der Waals surface area contributed by atoms with Crippen molar-refractivity contribution in [1.29, 1.82) is 0 Å². The van der Waals surface area contributed by atoms with Gasteiger partial charge in [-0.2, -0.15) is 0 Å². The number of hydrogen-bond acceptors (Lipinski definition) is 6. The molecule has 0 aliphatic carbocycles. The molecule has 3 aromatic carbocycles. The van der Waals surface area contributed by atoms with Crippen LogP contribution in [0.25, 0.3) is 5.76 Å². The number of ether oxygens (including phenoxy) is 1. The number of phenols is 1. The number of anilines is 2. The van der Waals surface area contributed by atoms with Gasteiger partial charge in [0.25, 0.3) is 11.7 Å². The number of ketones is 1. The number of aromatic hydroxyl groups is 1. The molecule has 1 amide bonds. The Morgan fingerprint density at radius 3 is 2.27 bits per heavy atom. The summed E-state index contributed by atoms with van der Waals surface area (Å²) in [6.07, 6.45) is 2.29. The first-order valence-electron chi connectivity index (χ1n) is 12.3. The van der Waals surface area contributed by atoms with E-state index < -0.39 is 17.7 Å². The second-order valence-electron chi connectivity index (χ2n) is 9.05. The molecule has 2 saturated heterocycles. The topological polar surface area (TPSA) is 90.3 Å². The average Bonchev–Trinajstić information content (AvgIpc) is 3.53. The van der Waals surface area contributed by atoms with E-state index in [2.05, 4.69) is 4.90 Å². The van der Waals surface area contributed by atoms with Gasteiger partial charge in [-0.05, 0) is 79.9 Å². The molecular formula is C29H27ClN2O5. The van der Waals surface area contributed by atoms with Crippen LogP contribution in [0.4, 0.5) is 11.4 Å². The van der Waals surface area contributed by atoms with Crippen LogP contribution >= 0.6 is 11.6 Å². The van der Waals surface area contributed by atoms with Crippen molar-refractivity contribution in [2.45, 2.75) is 25.8 Å². The number of Topliss-reactive ketones (excluding diaryl/α,β-unsaturated/α-hetero) is 1. The highest BCUT2D eigenvalue weighted by Gasteiger charge is 2.47. The number of hydrogen-bond donors (Lipinski definition) is 2. The lowest BCUT2D eigenvalue weighted by Crippen LogP contribution is -2.29. The molecule has 2 fully saturated rings. The van der Waals surface area contributed by atoms with Gasteiger partial charge in [0.15, 0.2) is 0 Å². The van der Waals surface area contributed by atoms with E-state index in [1.54, 1.807) is 30.3 Å². The van der Waals surface area contributed by atoms with Gasteiger partial charge in [0, 0.05) is 30.0 Å². The van der Waals surface area contributed by atoms with Crippen LogP contribution in [0.15, 0.2) is 72.3 Å². The summed E-state index contributed by atoms with van der Waals surface area (Å²) in [6.45, 7) is 4.16. The van der Waals surface area contributed by atoms with E-state index in [-0.39, 0.29) is 17.1 Å². The lowest BCUT2D eigenvalue weighted by molar-refractivity contribution is -0.132. The molecule has 2 aliphatic heterocycles. The molecule has 0 saturated carbocycles. The van der Waals surface area contributed by atoms with Crippen LogP contribution in [0.1, 0.15) is 36.9 Å². The number of halogens is 1. The monoisotopic (exact) mass is 518 g/mol. The van der Waals surface area contributed by atoms with E-state index in [0.717, 1.165) is 31.6 Å². The zero-order chi connectivity index (χ0) is 26.1. The third kappa shape index (κ3) is 4.62. The van der Waals surface area contributed by atoms with E-state index in [1.165, 1.54) is 17.0 Å². The third-order valence-corrected chi connectivity index (χ3v) is 7.07. The Bertz CT molecular complexity index is 1360. The lowest BCUT2D eigenvalue weighted by atomic mass is 9.95. The van der Waals surface area contributed by atoms with Crippen LogP contribution in [0.5, 0.6) is 11.5 Å². The molecule has 0 radical (unpaired) electrons. The molecule has 0 aromatic heterocycles. The van der Waals surface area contributed by atoms with Crippen LogP contribution < -0.4 is 14.5 Å². The SMILES string of the molecule is CCOc1cc(/C(O)=C2/C(=O)C(=O)N(c3ccc(N4CCCC4)cc3)C2c2ccc(O)cc2)ccc1Cl. The number of rotatable bonds is 6. The molecule has 5 rings (SSSR count). The van der Waals surface area contributed by atoms with Gasteiger partial charge in [-0.15, -0.1) is 0 Å². The van der Waals surface area contributed by atoms with Gasteiger partial charge in [0.2, 0.25) is 0 Å². The first kappa shape index (κ1) is 24.7. The average molecular weight is 519 g/mol. The summed E-state index contributed by atoms with van der Waals surface area (Å²) in [4.78, 5) is 30.5. The Hall–Kier alpha value is -3.97. The summed E-state index contributed by atoms with van der Waals surface area (Å²) < 4.78 is 5.55. The maximum absolute atomic E-state index is 13.4. The highest BCUT2D eigenvalue weighted by atomic mass is 35.5. The number of phenolic OH excluding ortho intramolecular Hbond substituents is 1. The lowest BCUT2D eigenvalue weighted by Gasteiger charge is -2.26. The minimum Gasteiger partial charge on any atom is -0.508 e. The third-order valence-electron chi connectivity index (χ3n) is 6.76. The molecule has 37 heavy (non-hydrogen) atoms. The number of benzene rings is 3. The molecule has 3 aromatic rings. The van der Waals surface area contributed by atoms with Crippen molar-refractivity contribution in [3.63, 3.8) is 0 Å². The molecule has 2 N–H and O–H groups in total. The van der Waals surface area contributed by atoms with Crippen LogP contribution in [-0.4, -0.2) is 41.6 Å². The quantitative estimate of drug-likeness (QED) is 0.248. The molecule has 0 spiro atoms. The van der Waals surface area contributed by atoms with Crippen molar-refractivity contribution in [1.82, 2.24) is 0 Å². The minimum absolute atomic E-state index is 0.0507. The fraction of sp³-hybridized carbons (Fsp3) is 0.241. The number of amides is 1. The Kier molecular flexibility index (Phi) is 6.80. The Morgan fingerprint density at radius 2 is 1.62 bits per heavy atom. The van der Waals surface area contributed by atoms with E-state index in [1.807, 2.05) is 31.2 Å². The first-order valence-corrected chi connectivity index (χ1v) is 12.6. The molecule has 2 aliphatic rings. The second-order valence-corrected chi connectivity index (χ2v) is 9.46. The number of carbonyl (C=O) groups excluding carboxylic acids is 2. The molecule has 0 bridgehead atoms. The largest absolute Gasteiger partial charge is 0.508 e. The summed E-state index contributed by atoms with van der Waals surface area (Å²) in [6, 6.07) is 17.6. The molecule has 7 nitrogen and oxygen atoms in total. The van der Waals surface area contributed by atoms with Gasteiger partial charge in [0.05, 0.1) is 23.2 Å². The van der Waals surface area contributed by atoms with Crippen LogP contribution in [0.3, 0.4) is 0 Å².